The minimum absolute atomic E-state index is 0.131. The van der Waals surface area contributed by atoms with Gasteiger partial charge < -0.3 is 15.4 Å². The number of pyridine rings is 1. The molecule has 2 N–H and O–H groups in total. The summed E-state index contributed by atoms with van der Waals surface area (Å²) in [5.74, 6) is -1.01. The second-order valence-corrected chi connectivity index (χ2v) is 8.76. The molecule has 0 bridgehead atoms. The van der Waals surface area contributed by atoms with Crippen LogP contribution in [0.4, 0.5) is 0 Å². The van der Waals surface area contributed by atoms with Crippen LogP contribution < -0.4 is 10.6 Å². The molecule has 1 aromatic heterocycles. The van der Waals surface area contributed by atoms with Crippen LogP contribution in [0.15, 0.2) is 23.4 Å². The largest absolute Gasteiger partial charge is 0.452 e. The molecule has 0 fully saturated rings. The highest BCUT2D eigenvalue weighted by Crippen LogP contribution is 2.21. The van der Waals surface area contributed by atoms with E-state index in [1.165, 1.54) is 0 Å². The third kappa shape index (κ3) is 8.29. The van der Waals surface area contributed by atoms with Gasteiger partial charge in [0.2, 0.25) is 5.91 Å². The van der Waals surface area contributed by atoms with E-state index in [1.807, 2.05) is 41.5 Å². The molecule has 0 aliphatic heterocycles. The molecular formula is C20H31N3O4S. The number of amides is 2. The molecule has 8 heteroatoms. The molecule has 7 nitrogen and oxygen atoms in total. The summed E-state index contributed by atoms with van der Waals surface area (Å²) in [7, 11) is 0. The van der Waals surface area contributed by atoms with E-state index in [-0.39, 0.29) is 40.8 Å². The Kier molecular flexibility index (Phi) is 8.94. The molecule has 0 unspecified atom stereocenters. The van der Waals surface area contributed by atoms with E-state index in [9.17, 15) is 14.4 Å². The van der Waals surface area contributed by atoms with E-state index in [2.05, 4.69) is 15.6 Å². The van der Waals surface area contributed by atoms with E-state index in [0.717, 1.165) is 24.6 Å². The summed E-state index contributed by atoms with van der Waals surface area (Å²) in [6, 6.07) is 3.18. The average Bonchev–Trinajstić information content (AvgIpc) is 2.64. The maximum absolute atomic E-state index is 12.4. The van der Waals surface area contributed by atoms with Crippen molar-refractivity contribution in [3.63, 3.8) is 0 Å². The van der Waals surface area contributed by atoms with Gasteiger partial charge in [-0.15, -0.1) is 0 Å². The number of thioether (sulfide) groups is 1. The van der Waals surface area contributed by atoms with Crippen LogP contribution in [0.2, 0.25) is 0 Å². The van der Waals surface area contributed by atoms with Crippen molar-refractivity contribution in [1.29, 1.82) is 0 Å². The van der Waals surface area contributed by atoms with E-state index >= 15 is 0 Å². The van der Waals surface area contributed by atoms with Gasteiger partial charge in [-0.1, -0.05) is 25.6 Å². The number of carbonyl (C=O) groups is 3. The lowest BCUT2D eigenvalue weighted by Crippen LogP contribution is -2.44. The predicted molar refractivity (Wildman–Crippen MR) is 110 cm³/mol. The highest BCUT2D eigenvalue weighted by Gasteiger charge is 2.22. The predicted octanol–water partition coefficient (Wildman–Crippen LogP) is 2.94. The monoisotopic (exact) mass is 409 g/mol. The van der Waals surface area contributed by atoms with Crippen molar-refractivity contribution in [2.45, 2.75) is 70.5 Å². The van der Waals surface area contributed by atoms with Crippen molar-refractivity contribution in [3.8, 4) is 0 Å². The van der Waals surface area contributed by atoms with Crippen LogP contribution in [0.1, 0.15) is 64.7 Å². The number of nitrogens with zero attached hydrogens (tertiary/aromatic N) is 1. The first kappa shape index (κ1) is 23.9. The zero-order chi connectivity index (χ0) is 21.4. The highest BCUT2D eigenvalue weighted by molar-refractivity contribution is 8.00. The number of carbonyl (C=O) groups excluding carboxylic acids is 3. The van der Waals surface area contributed by atoms with Crippen molar-refractivity contribution < 1.29 is 19.1 Å². The lowest BCUT2D eigenvalue weighted by Gasteiger charge is -2.24. The van der Waals surface area contributed by atoms with Crippen LogP contribution in [0.25, 0.3) is 0 Å². The highest BCUT2D eigenvalue weighted by atomic mass is 32.2. The van der Waals surface area contributed by atoms with Gasteiger partial charge in [0.1, 0.15) is 5.03 Å². The molecule has 0 saturated carbocycles. The lowest BCUT2D eigenvalue weighted by molar-refractivity contribution is -0.126. The maximum atomic E-state index is 12.4. The summed E-state index contributed by atoms with van der Waals surface area (Å²) < 4.78 is 5.12. The Hall–Kier alpha value is -2.09. The van der Waals surface area contributed by atoms with Crippen molar-refractivity contribution in [2.24, 2.45) is 0 Å². The van der Waals surface area contributed by atoms with Gasteiger partial charge in [0.25, 0.3) is 5.91 Å². The standard InChI is InChI=1S/C20H31N3O4S/c1-7-19(3,4)22-15(24)12-27-18(26)14-10-9-11-21-17(14)28-13-16(25)23-20(5,6)8-2/h9-11H,7-8,12-13H2,1-6H3,(H,22,24)(H,23,25). The van der Waals surface area contributed by atoms with Crippen LogP contribution in [0.5, 0.6) is 0 Å². The Morgan fingerprint density at radius 2 is 1.61 bits per heavy atom. The number of hydrogen-bond acceptors (Lipinski definition) is 6. The Balaban J connectivity index is 2.66. The summed E-state index contributed by atoms with van der Waals surface area (Å²) in [6.07, 6.45) is 3.11. The van der Waals surface area contributed by atoms with Crippen LogP contribution >= 0.6 is 11.8 Å². The average molecular weight is 410 g/mol. The second-order valence-electron chi connectivity index (χ2n) is 7.79. The van der Waals surface area contributed by atoms with Gasteiger partial charge in [0, 0.05) is 17.3 Å². The molecule has 0 aromatic carbocycles. The van der Waals surface area contributed by atoms with Gasteiger partial charge >= 0.3 is 5.97 Å². The van der Waals surface area contributed by atoms with Crippen LogP contribution in [-0.4, -0.2) is 46.2 Å². The molecule has 0 atom stereocenters. The Morgan fingerprint density at radius 1 is 1.04 bits per heavy atom. The molecule has 1 rings (SSSR count). The summed E-state index contributed by atoms with van der Waals surface area (Å²) >= 11 is 1.16. The van der Waals surface area contributed by atoms with E-state index in [0.29, 0.717) is 5.03 Å². The van der Waals surface area contributed by atoms with E-state index in [1.54, 1.807) is 18.3 Å². The minimum atomic E-state index is -0.644. The van der Waals surface area contributed by atoms with Gasteiger partial charge in [-0.05, 0) is 52.7 Å². The summed E-state index contributed by atoms with van der Waals surface area (Å²) in [5, 5.41) is 6.13. The normalized spacial score (nSPS) is 11.6. The van der Waals surface area contributed by atoms with Crippen molar-refractivity contribution in [2.75, 3.05) is 12.4 Å². The third-order valence-corrected chi connectivity index (χ3v) is 5.39. The number of ether oxygens (including phenoxy) is 1. The van der Waals surface area contributed by atoms with Gasteiger partial charge in [0.05, 0.1) is 11.3 Å². The van der Waals surface area contributed by atoms with Gasteiger partial charge in [-0.2, -0.15) is 0 Å². The molecule has 1 heterocycles. The molecule has 0 aliphatic rings. The molecular weight excluding hydrogens is 378 g/mol. The van der Waals surface area contributed by atoms with Crippen LogP contribution in [0, 0.1) is 0 Å². The van der Waals surface area contributed by atoms with Gasteiger partial charge in [-0.3, -0.25) is 9.59 Å². The molecule has 0 saturated heterocycles. The molecule has 28 heavy (non-hydrogen) atoms. The quantitative estimate of drug-likeness (QED) is 0.455. The van der Waals surface area contributed by atoms with Crippen molar-refractivity contribution >= 4 is 29.5 Å². The summed E-state index contributed by atoms with van der Waals surface area (Å²) in [5.41, 5.74) is -0.417. The number of aromatic nitrogens is 1. The zero-order valence-electron chi connectivity index (χ0n) is 17.5. The van der Waals surface area contributed by atoms with Crippen molar-refractivity contribution in [1.82, 2.24) is 15.6 Å². The fourth-order valence-corrected chi connectivity index (χ4v) is 2.79. The van der Waals surface area contributed by atoms with Crippen molar-refractivity contribution in [3.05, 3.63) is 23.9 Å². The number of esters is 1. The first-order chi connectivity index (χ1) is 13.0. The SMILES string of the molecule is CCC(C)(C)NC(=O)COC(=O)c1cccnc1SCC(=O)NC(C)(C)CC. The number of rotatable bonds is 10. The van der Waals surface area contributed by atoms with E-state index < -0.39 is 5.97 Å². The fourth-order valence-electron chi connectivity index (χ4n) is 2.01. The molecule has 1 aromatic rings. The van der Waals surface area contributed by atoms with Gasteiger partial charge in [-0.25, -0.2) is 9.78 Å². The topological polar surface area (TPSA) is 97.4 Å². The third-order valence-electron chi connectivity index (χ3n) is 4.39. The Morgan fingerprint density at radius 3 is 2.18 bits per heavy atom. The Bertz CT molecular complexity index is 704. The maximum Gasteiger partial charge on any atom is 0.341 e. The van der Waals surface area contributed by atoms with Crippen LogP contribution in [-0.2, 0) is 14.3 Å². The number of hydrogen-bond donors (Lipinski definition) is 2. The molecule has 0 radical (unpaired) electrons. The second kappa shape index (κ2) is 10.5. The fraction of sp³-hybridized carbons (Fsp3) is 0.600. The van der Waals surface area contributed by atoms with Gasteiger partial charge in [0.15, 0.2) is 6.61 Å². The smallest absolute Gasteiger partial charge is 0.341 e. The first-order valence-electron chi connectivity index (χ1n) is 9.36. The molecule has 156 valence electrons. The Labute approximate surface area is 171 Å². The molecule has 2 amide bonds. The molecule has 0 aliphatic carbocycles. The number of nitrogens with one attached hydrogen (secondary N) is 2. The molecule has 0 spiro atoms. The minimum Gasteiger partial charge on any atom is -0.452 e. The zero-order valence-corrected chi connectivity index (χ0v) is 18.4. The first-order valence-corrected chi connectivity index (χ1v) is 10.3. The summed E-state index contributed by atoms with van der Waals surface area (Å²) in [6.45, 7) is 11.3. The summed E-state index contributed by atoms with van der Waals surface area (Å²) in [4.78, 5) is 40.6. The van der Waals surface area contributed by atoms with E-state index in [4.69, 9.17) is 4.74 Å². The lowest BCUT2D eigenvalue weighted by atomic mass is 10.0. The van der Waals surface area contributed by atoms with Crippen LogP contribution in [0.3, 0.4) is 0 Å².